The molecular weight excluding hydrogens is 376 g/mol. The summed E-state index contributed by atoms with van der Waals surface area (Å²) >= 11 is 0. The third-order valence-corrected chi connectivity index (χ3v) is 5.62. The van der Waals surface area contributed by atoms with Crippen molar-refractivity contribution in [2.24, 2.45) is 0 Å². The van der Waals surface area contributed by atoms with Gasteiger partial charge in [0.05, 0.1) is 7.11 Å². The van der Waals surface area contributed by atoms with Gasteiger partial charge < -0.3 is 19.9 Å². The largest absolute Gasteiger partial charge is 0.497 e. The fourth-order valence-electron chi connectivity index (χ4n) is 4.24. The zero-order chi connectivity index (χ0) is 20.5. The number of hydrogen-bond donors (Lipinski definition) is 2. The number of nitrogens with zero attached hydrogens (tertiary/aromatic N) is 2. The summed E-state index contributed by atoms with van der Waals surface area (Å²) in [6, 6.07) is 19.2. The second-order valence-corrected chi connectivity index (χ2v) is 7.36. The molecule has 0 aliphatic carbocycles. The maximum atomic E-state index is 13.3. The second-order valence-electron chi connectivity index (χ2n) is 7.36. The number of urea groups is 1. The lowest BCUT2D eigenvalue weighted by atomic mass is 9.93. The van der Waals surface area contributed by atoms with Crippen molar-refractivity contribution in [1.82, 2.24) is 14.9 Å². The molecule has 0 radical (unpaired) electrons. The number of carbonyl (C=O) groups excluding carboxylic acids is 1. The molecule has 3 heterocycles. The summed E-state index contributed by atoms with van der Waals surface area (Å²) in [6.45, 7) is 0.615. The number of amides is 2. The maximum absolute atomic E-state index is 13.3. The number of aromatic amines is 1. The van der Waals surface area contributed by atoms with E-state index in [4.69, 9.17) is 4.74 Å². The van der Waals surface area contributed by atoms with Crippen LogP contribution in [0.25, 0.3) is 10.9 Å². The number of ether oxygens (including phenoxy) is 1. The van der Waals surface area contributed by atoms with Crippen molar-refractivity contribution in [2.75, 3.05) is 19.0 Å². The van der Waals surface area contributed by atoms with Gasteiger partial charge in [0.25, 0.3) is 0 Å². The Bertz CT molecular complexity index is 1200. The van der Waals surface area contributed by atoms with Gasteiger partial charge in [-0.25, -0.2) is 4.79 Å². The van der Waals surface area contributed by atoms with Crippen LogP contribution in [0, 0.1) is 0 Å². The highest BCUT2D eigenvalue weighted by molar-refractivity contribution is 5.91. The first-order valence-electron chi connectivity index (χ1n) is 9.95. The second kappa shape index (κ2) is 7.55. The molecule has 0 bridgehead atoms. The first-order chi connectivity index (χ1) is 14.7. The molecule has 2 aromatic carbocycles. The van der Waals surface area contributed by atoms with Crippen molar-refractivity contribution in [3.8, 4) is 5.75 Å². The van der Waals surface area contributed by atoms with Crippen molar-refractivity contribution in [2.45, 2.75) is 12.5 Å². The fraction of sp³-hybridized carbons (Fsp3) is 0.167. The number of carbonyl (C=O) groups is 1. The van der Waals surface area contributed by atoms with Gasteiger partial charge in [-0.1, -0.05) is 30.3 Å². The number of hydrogen-bond acceptors (Lipinski definition) is 3. The van der Waals surface area contributed by atoms with E-state index in [1.54, 1.807) is 13.3 Å². The Balaban J connectivity index is 1.55. The first kappa shape index (κ1) is 18.2. The Labute approximate surface area is 174 Å². The number of methoxy groups -OCH3 is 1. The van der Waals surface area contributed by atoms with Gasteiger partial charge in [-0.15, -0.1) is 0 Å². The van der Waals surface area contributed by atoms with Crippen LogP contribution >= 0.6 is 0 Å². The molecule has 1 aliphatic heterocycles. The summed E-state index contributed by atoms with van der Waals surface area (Å²) in [6.07, 6.45) is 4.37. The zero-order valence-corrected chi connectivity index (χ0v) is 16.6. The van der Waals surface area contributed by atoms with Gasteiger partial charge in [0.2, 0.25) is 0 Å². The average molecular weight is 398 g/mol. The summed E-state index contributed by atoms with van der Waals surface area (Å²) in [4.78, 5) is 23.0. The quantitative estimate of drug-likeness (QED) is 0.523. The highest BCUT2D eigenvalue weighted by atomic mass is 16.5. The van der Waals surface area contributed by atoms with Crippen molar-refractivity contribution < 1.29 is 9.53 Å². The number of aromatic nitrogens is 2. The monoisotopic (exact) mass is 398 g/mol. The number of anilines is 1. The number of para-hydroxylation sites is 1. The number of rotatable bonds is 3. The van der Waals surface area contributed by atoms with Crippen molar-refractivity contribution in [3.63, 3.8) is 0 Å². The van der Waals surface area contributed by atoms with E-state index in [9.17, 15) is 4.79 Å². The van der Waals surface area contributed by atoms with Crippen molar-refractivity contribution in [1.29, 1.82) is 0 Å². The molecule has 0 fully saturated rings. The van der Waals surface area contributed by atoms with Gasteiger partial charge in [-0.05, 0) is 41.8 Å². The van der Waals surface area contributed by atoms with E-state index >= 15 is 0 Å². The summed E-state index contributed by atoms with van der Waals surface area (Å²) in [5, 5.41) is 4.24. The van der Waals surface area contributed by atoms with Crippen LogP contribution in [0.3, 0.4) is 0 Å². The molecule has 0 spiro atoms. The van der Waals surface area contributed by atoms with E-state index in [0.717, 1.165) is 23.2 Å². The highest BCUT2D eigenvalue weighted by Crippen LogP contribution is 2.38. The molecule has 2 amide bonds. The van der Waals surface area contributed by atoms with Gasteiger partial charge in [-0.3, -0.25) is 4.98 Å². The summed E-state index contributed by atoms with van der Waals surface area (Å²) < 4.78 is 5.27. The van der Waals surface area contributed by atoms with Gasteiger partial charge in [0.15, 0.2) is 0 Å². The Morgan fingerprint density at radius 2 is 2.07 bits per heavy atom. The summed E-state index contributed by atoms with van der Waals surface area (Å²) in [5.41, 5.74) is 5.09. The zero-order valence-electron chi connectivity index (χ0n) is 16.6. The minimum Gasteiger partial charge on any atom is -0.497 e. The molecule has 1 aliphatic rings. The molecule has 0 saturated heterocycles. The number of fused-ring (bicyclic) bond motifs is 3. The topological polar surface area (TPSA) is 70.2 Å². The van der Waals surface area contributed by atoms with Crippen LogP contribution in [0.5, 0.6) is 5.75 Å². The molecule has 30 heavy (non-hydrogen) atoms. The molecule has 150 valence electrons. The fourth-order valence-corrected chi connectivity index (χ4v) is 4.24. The van der Waals surface area contributed by atoms with Gasteiger partial charge in [-0.2, -0.15) is 0 Å². The molecule has 6 nitrogen and oxygen atoms in total. The Morgan fingerprint density at radius 1 is 1.17 bits per heavy atom. The molecule has 2 aromatic heterocycles. The number of nitrogens with one attached hydrogen (secondary N) is 2. The van der Waals surface area contributed by atoms with Crippen LogP contribution in [-0.2, 0) is 6.42 Å². The summed E-state index contributed by atoms with van der Waals surface area (Å²) in [5.74, 6) is 0.702. The minimum absolute atomic E-state index is 0.151. The lowest BCUT2D eigenvalue weighted by Crippen LogP contribution is -2.43. The van der Waals surface area contributed by atoms with Gasteiger partial charge in [0, 0.05) is 47.3 Å². The molecule has 2 N–H and O–H groups in total. The standard InChI is InChI=1S/C24H22N4O2/c1-30-18-8-4-7-17(14-18)26-24(29)28-13-11-20-19-9-2-3-10-21(19)27-22(20)23(28)16-6-5-12-25-15-16/h2-10,12,14-15,23,27H,11,13H2,1H3,(H,26,29)/t23-/m1/s1. The Kier molecular flexibility index (Phi) is 4.59. The molecule has 6 heteroatoms. The predicted octanol–water partition coefficient (Wildman–Crippen LogP) is 4.75. The lowest BCUT2D eigenvalue weighted by Gasteiger charge is -2.36. The van der Waals surface area contributed by atoms with Crippen LogP contribution < -0.4 is 10.1 Å². The van der Waals surface area contributed by atoms with Crippen LogP contribution in [0.1, 0.15) is 22.9 Å². The van der Waals surface area contributed by atoms with Gasteiger partial charge in [0.1, 0.15) is 11.8 Å². The average Bonchev–Trinajstić information content (AvgIpc) is 3.18. The van der Waals surface area contributed by atoms with Crippen molar-refractivity contribution >= 4 is 22.6 Å². The highest BCUT2D eigenvalue weighted by Gasteiger charge is 2.34. The number of benzene rings is 2. The third kappa shape index (κ3) is 3.16. The molecule has 4 aromatic rings. The third-order valence-electron chi connectivity index (χ3n) is 5.62. The van der Waals surface area contributed by atoms with Crippen LogP contribution in [0.4, 0.5) is 10.5 Å². The molecule has 0 saturated carbocycles. The predicted molar refractivity (Wildman–Crippen MR) is 117 cm³/mol. The molecular formula is C24H22N4O2. The lowest BCUT2D eigenvalue weighted by molar-refractivity contribution is 0.193. The summed E-state index contributed by atoms with van der Waals surface area (Å²) in [7, 11) is 1.61. The van der Waals surface area contributed by atoms with Crippen molar-refractivity contribution in [3.05, 3.63) is 89.9 Å². The Morgan fingerprint density at radius 3 is 2.90 bits per heavy atom. The van der Waals surface area contributed by atoms with E-state index in [1.807, 2.05) is 53.6 Å². The van der Waals surface area contributed by atoms with Crippen LogP contribution in [-0.4, -0.2) is 34.6 Å². The van der Waals surface area contributed by atoms with Gasteiger partial charge >= 0.3 is 6.03 Å². The number of pyridine rings is 1. The first-order valence-corrected chi connectivity index (χ1v) is 9.95. The van der Waals surface area contributed by atoms with E-state index in [-0.39, 0.29) is 12.1 Å². The maximum Gasteiger partial charge on any atom is 0.322 e. The molecule has 0 unspecified atom stereocenters. The van der Waals surface area contributed by atoms with Crippen LogP contribution in [0.15, 0.2) is 73.1 Å². The van der Waals surface area contributed by atoms with E-state index in [2.05, 4.69) is 33.5 Å². The normalized spacial score (nSPS) is 15.6. The smallest absolute Gasteiger partial charge is 0.322 e. The SMILES string of the molecule is COc1cccc(NC(=O)N2CCc3c([nH]c4ccccc34)[C@H]2c2cccnc2)c1. The Hall–Kier alpha value is -3.80. The minimum atomic E-state index is -0.236. The number of H-pyrrole nitrogens is 1. The van der Waals surface area contributed by atoms with E-state index in [0.29, 0.717) is 18.0 Å². The molecule has 5 rings (SSSR count). The van der Waals surface area contributed by atoms with E-state index in [1.165, 1.54) is 10.9 Å². The van der Waals surface area contributed by atoms with Crippen LogP contribution in [0.2, 0.25) is 0 Å². The van der Waals surface area contributed by atoms with E-state index < -0.39 is 0 Å². The molecule has 1 atom stereocenters.